The van der Waals surface area contributed by atoms with E-state index in [-0.39, 0.29) is 34.5 Å². The summed E-state index contributed by atoms with van der Waals surface area (Å²) >= 11 is 5.03. The van der Waals surface area contributed by atoms with Crippen LogP contribution in [0.4, 0.5) is 4.79 Å². The van der Waals surface area contributed by atoms with Crippen molar-refractivity contribution in [1.29, 1.82) is 0 Å². The number of rotatable bonds is 2. The minimum absolute atomic E-state index is 0. The zero-order valence-corrected chi connectivity index (χ0v) is 9.92. The van der Waals surface area contributed by atoms with Crippen molar-refractivity contribution in [3.05, 3.63) is 29.8 Å². The molecule has 0 spiro atoms. The second kappa shape index (κ2) is 8.73. The van der Waals surface area contributed by atoms with E-state index in [1.54, 1.807) is 16.4 Å². The van der Waals surface area contributed by atoms with Crippen molar-refractivity contribution in [2.75, 3.05) is 0 Å². The van der Waals surface area contributed by atoms with Crippen LogP contribution in [-0.2, 0) is 10.0 Å². The Bertz CT molecular complexity index is 445. The number of hydrogen-bond acceptors (Lipinski definition) is 3. The van der Waals surface area contributed by atoms with Crippen LogP contribution < -0.4 is 9.97 Å². The fraction of sp³-hybridized carbons (Fsp3) is 0.125. The number of benzene rings is 1. The second-order valence-electron chi connectivity index (χ2n) is 2.73. The van der Waals surface area contributed by atoms with Crippen molar-refractivity contribution < 1.29 is 18.3 Å². The maximum absolute atomic E-state index is 11.1. The Labute approximate surface area is 127 Å². The Morgan fingerprint density at radius 3 is 2.00 bits per heavy atom. The van der Waals surface area contributed by atoms with Gasteiger partial charge >= 0.3 is 35.7 Å². The molecule has 4 N–H and O–H groups in total. The molecule has 0 atom stereocenters. The number of carbonyl (C=O) groups is 1. The van der Waals surface area contributed by atoms with Crippen molar-refractivity contribution in [3.63, 3.8) is 0 Å². The number of carboxylic acid groups (broad SMARTS) is 1. The number of sulfonamides is 1. The van der Waals surface area contributed by atoms with Gasteiger partial charge in [-0.15, -0.1) is 4.24 Å². The van der Waals surface area contributed by atoms with Crippen LogP contribution in [-0.4, -0.2) is 49.2 Å². The second-order valence-corrected chi connectivity index (χ2v) is 4.83. The summed E-state index contributed by atoms with van der Waals surface area (Å²) in [5.74, 6) is 0. The zero-order valence-electron chi connectivity index (χ0n) is 8.34. The molecule has 0 bridgehead atoms. The Kier molecular flexibility index (Phi) is 9.78. The summed E-state index contributed by atoms with van der Waals surface area (Å²) in [7, 11) is -3.50. The van der Waals surface area contributed by atoms with Crippen molar-refractivity contribution in [3.8, 4) is 0 Å². The minimum atomic E-state index is -3.50. The average Bonchev–Trinajstić information content (AvgIpc) is 2.17. The Hall–Kier alpha value is -0.310. The normalized spacial score (nSPS) is 9.53. The predicted octanol–water partition coefficient (Wildman–Crippen LogP) is 0.402. The van der Waals surface area contributed by atoms with Crippen LogP contribution in [0.15, 0.2) is 29.2 Å². The summed E-state index contributed by atoms with van der Waals surface area (Å²) in [5, 5.41) is 7.19. The quantitative estimate of drug-likeness (QED) is 0.541. The van der Waals surface area contributed by atoms with Crippen molar-refractivity contribution in [2.24, 2.45) is 5.73 Å². The first-order valence-corrected chi connectivity index (χ1v) is 5.83. The van der Waals surface area contributed by atoms with Gasteiger partial charge in [0.2, 0.25) is 0 Å². The van der Waals surface area contributed by atoms with Gasteiger partial charge in [0.05, 0.1) is 4.90 Å². The van der Waals surface area contributed by atoms with Crippen molar-refractivity contribution in [1.82, 2.24) is 4.24 Å². The van der Waals surface area contributed by atoms with Gasteiger partial charge in [-0.2, -0.15) is 0 Å². The average molecular weight is 291 g/mol. The van der Waals surface area contributed by atoms with Crippen LogP contribution in [0.25, 0.3) is 0 Å². The van der Waals surface area contributed by atoms with Gasteiger partial charge in [0.25, 0.3) is 10.0 Å². The van der Waals surface area contributed by atoms with Gasteiger partial charge in [-0.3, -0.25) is 0 Å². The molecule has 0 radical (unpaired) electrons. The molecule has 0 saturated heterocycles. The molecule has 9 heteroatoms. The number of nitrogens with one attached hydrogen (secondary N) is 1. The van der Waals surface area contributed by atoms with E-state index in [0.29, 0.717) is 0 Å². The molecule has 0 unspecified atom stereocenters. The Balaban J connectivity index is 0. The number of primary amides is 1. The molecule has 0 aliphatic heterocycles. The fourth-order valence-electron chi connectivity index (χ4n) is 0.762. The van der Waals surface area contributed by atoms with E-state index in [9.17, 15) is 8.42 Å². The predicted molar refractivity (Wildman–Crippen MR) is 66.7 cm³/mol. The van der Waals surface area contributed by atoms with Gasteiger partial charge in [-0.1, -0.05) is 17.7 Å². The van der Waals surface area contributed by atoms with E-state index < -0.39 is 16.1 Å². The van der Waals surface area contributed by atoms with E-state index in [4.69, 9.17) is 21.7 Å². The van der Waals surface area contributed by atoms with Gasteiger partial charge in [0, 0.05) is 0 Å². The third-order valence-electron chi connectivity index (χ3n) is 1.43. The van der Waals surface area contributed by atoms with Crippen LogP contribution in [0, 0.1) is 6.92 Å². The molecule has 0 aliphatic carbocycles. The molecule has 0 heterocycles. The van der Waals surface area contributed by atoms with Gasteiger partial charge in [-0.05, 0) is 30.8 Å². The summed E-state index contributed by atoms with van der Waals surface area (Å²) in [6.07, 6.45) is -1.33. The molecule has 0 aromatic heterocycles. The first-order chi connectivity index (χ1) is 7.29. The van der Waals surface area contributed by atoms with E-state index in [1.165, 1.54) is 12.1 Å². The number of hydrogen-bond donors (Lipinski definition) is 3. The first kappa shape index (κ1) is 19.0. The van der Waals surface area contributed by atoms with Crippen molar-refractivity contribution >= 4 is 57.5 Å². The third kappa shape index (κ3) is 8.42. The number of halogens is 1. The zero-order chi connectivity index (χ0) is 12.8. The summed E-state index contributed by atoms with van der Waals surface area (Å²) in [5.41, 5.74) is 5.03. The van der Waals surface area contributed by atoms with Crippen LogP contribution in [0.5, 0.6) is 0 Å². The summed E-state index contributed by atoms with van der Waals surface area (Å²) in [6.45, 7) is 1.88. The molecule has 0 saturated carbocycles. The van der Waals surface area contributed by atoms with Gasteiger partial charge in [-0.25, -0.2) is 13.2 Å². The molecule has 1 aromatic carbocycles. The van der Waals surface area contributed by atoms with E-state index in [0.717, 1.165) is 5.56 Å². The molecular weight excluding hydrogens is 279 g/mol. The molecule has 1 rings (SSSR count). The molecule has 17 heavy (non-hydrogen) atoms. The molecule has 1 aromatic rings. The molecular formula is C8H12ClN2NaO4S. The standard InChI is InChI=1S/C7H8ClNO2S.CH3NO2.Na.H/c1-6-2-4-7(5-3-6)12(10,11)9-8;2-1(3)4;;/h2-5,9H,1H3;2H2,(H,3,4);;. The maximum atomic E-state index is 11.1. The van der Waals surface area contributed by atoms with E-state index in [2.05, 4.69) is 5.73 Å². The van der Waals surface area contributed by atoms with Gasteiger partial charge in [0.1, 0.15) is 0 Å². The number of amides is 1. The van der Waals surface area contributed by atoms with Gasteiger partial charge < -0.3 is 10.8 Å². The van der Waals surface area contributed by atoms with E-state index in [1.807, 2.05) is 6.92 Å². The molecule has 92 valence electrons. The summed E-state index contributed by atoms with van der Waals surface area (Å²) in [6, 6.07) is 6.42. The molecule has 0 aliphatic rings. The Morgan fingerprint density at radius 1 is 1.35 bits per heavy atom. The third-order valence-corrected chi connectivity index (χ3v) is 3.14. The molecule has 6 nitrogen and oxygen atoms in total. The van der Waals surface area contributed by atoms with Crippen LogP contribution in [0.3, 0.4) is 0 Å². The van der Waals surface area contributed by atoms with Crippen LogP contribution >= 0.6 is 11.8 Å². The number of aryl methyl sites for hydroxylation is 1. The Morgan fingerprint density at radius 2 is 1.71 bits per heavy atom. The SMILES string of the molecule is Cc1ccc(S(=O)(=O)NCl)cc1.NC(=O)O.[NaH]. The fourth-order valence-corrected chi connectivity index (χ4v) is 1.61. The first-order valence-electron chi connectivity index (χ1n) is 3.97. The van der Waals surface area contributed by atoms with Crippen LogP contribution in [0.1, 0.15) is 5.56 Å². The molecule has 1 amide bonds. The molecule has 0 fully saturated rings. The van der Waals surface area contributed by atoms with Crippen LogP contribution in [0.2, 0.25) is 0 Å². The number of nitrogens with two attached hydrogens (primary N) is 1. The summed E-state index contributed by atoms with van der Waals surface area (Å²) < 4.78 is 23.9. The summed E-state index contributed by atoms with van der Waals surface area (Å²) in [4.78, 5) is 8.95. The topological polar surface area (TPSA) is 109 Å². The monoisotopic (exact) mass is 290 g/mol. The van der Waals surface area contributed by atoms with E-state index >= 15 is 0 Å². The van der Waals surface area contributed by atoms with Gasteiger partial charge in [0.15, 0.2) is 0 Å². The van der Waals surface area contributed by atoms with Crippen molar-refractivity contribution in [2.45, 2.75) is 11.8 Å².